The minimum Gasteiger partial charge on any atom is -0.493 e. The van der Waals surface area contributed by atoms with Gasteiger partial charge in [-0.2, -0.15) is 0 Å². The van der Waals surface area contributed by atoms with Crippen LogP contribution in [-0.4, -0.2) is 50.0 Å². The van der Waals surface area contributed by atoms with E-state index in [1.807, 2.05) is 13.0 Å². The van der Waals surface area contributed by atoms with Crippen LogP contribution < -0.4 is 15.3 Å². The first kappa shape index (κ1) is 24.0. The maximum atomic E-state index is 12.3. The van der Waals surface area contributed by atoms with Gasteiger partial charge in [0.2, 0.25) is 0 Å². The van der Waals surface area contributed by atoms with E-state index in [-0.39, 0.29) is 5.78 Å². The van der Waals surface area contributed by atoms with E-state index >= 15 is 0 Å². The summed E-state index contributed by atoms with van der Waals surface area (Å²) in [4.78, 5) is 29.1. The summed E-state index contributed by atoms with van der Waals surface area (Å²) in [5.74, 6) is 0.312. The molecule has 1 aliphatic heterocycles. The van der Waals surface area contributed by atoms with E-state index in [1.54, 1.807) is 6.07 Å². The molecule has 1 aliphatic rings. The highest BCUT2D eigenvalue weighted by Gasteiger charge is 2.19. The maximum absolute atomic E-state index is 12.3. The Kier molecular flexibility index (Phi) is 7.37. The first-order valence-corrected chi connectivity index (χ1v) is 12.1. The van der Waals surface area contributed by atoms with Crippen LogP contribution in [0.2, 0.25) is 0 Å². The normalized spacial score (nSPS) is 14.5. The van der Waals surface area contributed by atoms with Gasteiger partial charge in [0.25, 0.3) is 0 Å². The number of Topliss-reactive ketones (excluding diaryl/α,β-unsaturated/α-hetero) is 1. The maximum Gasteiger partial charge on any atom is 0.336 e. The molecule has 180 valence electrons. The van der Waals surface area contributed by atoms with Crippen molar-refractivity contribution in [3.8, 4) is 5.75 Å². The molecule has 0 unspecified atom stereocenters. The molecule has 2 heterocycles. The Balaban J connectivity index is 1.27. The summed E-state index contributed by atoms with van der Waals surface area (Å²) in [5, 5.41) is 0.761. The molecule has 6 nitrogen and oxygen atoms in total. The molecule has 34 heavy (non-hydrogen) atoms. The predicted octanol–water partition coefficient (Wildman–Crippen LogP) is 4.90. The van der Waals surface area contributed by atoms with Crippen molar-refractivity contribution in [2.45, 2.75) is 40.5 Å². The molecule has 0 saturated carbocycles. The molecule has 0 spiro atoms. The molecular weight excluding hydrogens is 428 g/mol. The largest absolute Gasteiger partial charge is 0.493 e. The van der Waals surface area contributed by atoms with E-state index in [9.17, 15) is 9.59 Å². The fraction of sp³-hybridized carbons (Fsp3) is 0.429. The summed E-state index contributed by atoms with van der Waals surface area (Å²) in [7, 11) is 0. The molecule has 0 N–H and O–H groups in total. The average molecular weight is 463 g/mol. The fourth-order valence-corrected chi connectivity index (χ4v) is 4.80. The molecule has 4 rings (SSSR count). The Morgan fingerprint density at radius 1 is 0.971 bits per heavy atom. The first-order chi connectivity index (χ1) is 16.3. The van der Waals surface area contributed by atoms with Crippen LogP contribution in [0, 0.1) is 20.8 Å². The van der Waals surface area contributed by atoms with Crippen molar-refractivity contribution < 1.29 is 13.9 Å². The molecule has 0 amide bonds. The number of piperazine rings is 1. The number of ketones is 1. The topological polar surface area (TPSA) is 63.0 Å². The molecule has 0 radical (unpaired) electrons. The number of hydrogen-bond acceptors (Lipinski definition) is 6. The van der Waals surface area contributed by atoms with Crippen molar-refractivity contribution in [3.63, 3.8) is 0 Å². The summed E-state index contributed by atoms with van der Waals surface area (Å²) < 4.78 is 11.3. The van der Waals surface area contributed by atoms with Crippen molar-refractivity contribution in [2.75, 3.05) is 44.2 Å². The van der Waals surface area contributed by atoms with Gasteiger partial charge in [-0.1, -0.05) is 6.07 Å². The third-order valence-electron chi connectivity index (χ3n) is 6.50. The Hall–Kier alpha value is -3.12. The number of hydrogen-bond donors (Lipinski definition) is 0. The van der Waals surface area contributed by atoms with E-state index in [0.717, 1.165) is 56.5 Å². The van der Waals surface area contributed by atoms with Crippen molar-refractivity contribution in [2.24, 2.45) is 0 Å². The summed E-state index contributed by atoms with van der Waals surface area (Å²) in [6.07, 6.45) is 1.92. The number of ether oxygens (including phenoxy) is 1. The molecule has 6 heteroatoms. The number of carbonyl (C=O) groups is 1. The average Bonchev–Trinajstić information content (AvgIpc) is 2.78. The van der Waals surface area contributed by atoms with Gasteiger partial charge in [-0.05, 0) is 88.0 Å². The van der Waals surface area contributed by atoms with Gasteiger partial charge in [-0.3, -0.25) is 9.69 Å². The molecule has 1 saturated heterocycles. The monoisotopic (exact) mass is 462 g/mol. The number of unbranched alkanes of at least 4 members (excludes halogenated alkanes) is 1. The molecule has 3 aromatic rings. The summed E-state index contributed by atoms with van der Waals surface area (Å²) in [5.41, 5.74) is 4.95. The van der Waals surface area contributed by atoms with Gasteiger partial charge in [-0.25, -0.2) is 4.79 Å². The molecule has 1 fully saturated rings. The minimum absolute atomic E-state index is 0.170. The Bertz CT molecular complexity index is 1220. The third-order valence-corrected chi connectivity index (χ3v) is 6.50. The lowest BCUT2D eigenvalue weighted by atomic mass is 10.0. The minimum atomic E-state index is -0.456. The number of fused-ring (bicyclic) bond motifs is 1. The van der Waals surface area contributed by atoms with Crippen LogP contribution in [0.5, 0.6) is 5.75 Å². The van der Waals surface area contributed by atoms with Gasteiger partial charge < -0.3 is 14.1 Å². The molecule has 0 aliphatic carbocycles. The summed E-state index contributed by atoms with van der Waals surface area (Å²) >= 11 is 0. The lowest BCUT2D eigenvalue weighted by Crippen LogP contribution is -2.46. The van der Waals surface area contributed by atoms with E-state index < -0.39 is 5.63 Å². The first-order valence-electron chi connectivity index (χ1n) is 12.1. The highest BCUT2D eigenvalue weighted by Crippen LogP contribution is 2.29. The fourth-order valence-electron chi connectivity index (χ4n) is 4.80. The Morgan fingerprint density at radius 2 is 1.68 bits per heavy atom. The molecule has 1 aromatic heterocycles. The highest BCUT2D eigenvalue weighted by molar-refractivity contribution is 6.07. The zero-order chi connectivity index (χ0) is 24.2. The summed E-state index contributed by atoms with van der Waals surface area (Å²) in [6.45, 7) is 13.4. The lowest BCUT2D eigenvalue weighted by molar-refractivity contribution is 0.101. The van der Waals surface area contributed by atoms with Crippen molar-refractivity contribution in [1.82, 2.24) is 4.90 Å². The standard InChI is InChI=1S/C28H34N2O4/c1-19-15-20(2)17-23(16-19)30-12-10-29(11-13-30)9-5-6-14-33-25-8-7-24-21(3)18-26(32)34-28(24)27(25)22(4)31/h7-8,15-18H,5-6,9-14H2,1-4H3. The summed E-state index contributed by atoms with van der Waals surface area (Å²) in [6, 6.07) is 11.9. The zero-order valence-electron chi connectivity index (χ0n) is 20.6. The van der Waals surface area contributed by atoms with Gasteiger partial charge in [0.05, 0.1) is 6.61 Å². The van der Waals surface area contributed by atoms with Crippen molar-refractivity contribution in [1.29, 1.82) is 0 Å². The van der Waals surface area contributed by atoms with E-state index in [0.29, 0.717) is 23.5 Å². The van der Waals surface area contributed by atoms with Crippen LogP contribution in [0.3, 0.4) is 0 Å². The molecule has 2 aromatic carbocycles. The molecular formula is C28H34N2O4. The lowest BCUT2D eigenvalue weighted by Gasteiger charge is -2.36. The number of benzene rings is 2. The molecule has 0 atom stereocenters. The van der Waals surface area contributed by atoms with Crippen LogP contribution >= 0.6 is 0 Å². The number of anilines is 1. The third kappa shape index (κ3) is 5.50. The number of aryl methyl sites for hydroxylation is 3. The van der Waals surface area contributed by atoms with Gasteiger partial charge >= 0.3 is 5.63 Å². The Labute approximate surface area is 201 Å². The Morgan fingerprint density at radius 3 is 2.35 bits per heavy atom. The van der Waals surface area contributed by atoms with Crippen LogP contribution in [0.25, 0.3) is 11.0 Å². The number of rotatable bonds is 8. The second-order valence-corrected chi connectivity index (χ2v) is 9.35. The number of nitrogens with zero attached hydrogens (tertiary/aromatic N) is 2. The van der Waals surface area contributed by atoms with Crippen LogP contribution in [0.4, 0.5) is 5.69 Å². The van der Waals surface area contributed by atoms with Gasteiger partial charge in [0, 0.05) is 43.3 Å². The van der Waals surface area contributed by atoms with E-state index in [4.69, 9.17) is 9.15 Å². The van der Waals surface area contributed by atoms with Gasteiger partial charge in [-0.15, -0.1) is 0 Å². The SMILES string of the molecule is CC(=O)c1c(OCCCCN2CCN(c3cc(C)cc(C)c3)CC2)ccc2c(C)cc(=O)oc12. The quantitative estimate of drug-likeness (QED) is 0.270. The van der Waals surface area contributed by atoms with E-state index in [1.165, 1.54) is 29.8 Å². The second-order valence-electron chi connectivity index (χ2n) is 9.35. The number of carbonyl (C=O) groups excluding carboxylic acids is 1. The molecule has 0 bridgehead atoms. The second kappa shape index (κ2) is 10.4. The van der Waals surface area contributed by atoms with Crippen molar-refractivity contribution >= 4 is 22.4 Å². The van der Waals surface area contributed by atoms with Crippen molar-refractivity contribution in [3.05, 3.63) is 69.1 Å². The van der Waals surface area contributed by atoms with Crippen LogP contribution in [-0.2, 0) is 0 Å². The van der Waals surface area contributed by atoms with Gasteiger partial charge in [0.1, 0.15) is 11.3 Å². The van der Waals surface area contributed by atoms with Crippen LogP contribution in [0.15, 0.2) is 45.6 Å². The van der Waals surface area contributed by atoms with Crippen LogP contribution in [0.1, 0.15) is 46.8 Å². The van der Waals surface area contributed by atoms with Gasteiger partial charge in [0.15, 0.2) is 11.4 Å². The predicted molar refractivity (Wildman–Crippen MR) is 137 cm³/mol. The van der Waals surface area contributed by atoms with E-state index in [2.05, 4.69) is 41.8 Å². The highest BCUT2D eigenvalue weighted by atomic mass is 16.5. The smallest absolute Gasteiger partial charge is 0.336 e. The zero-order valence-corrected chi connectivity index (χ0v) is 20.6.